The van der Waals surface area contributed by atoms with Crippen molar-refractivity contribution < 1.29 is 18.6 Å². The molecular weight excluding hydrogens is 392 g/mol. The molecule has 0 N–H and O–H groups in total. The van der Waals surface area contributed by atoms with Crippen molar-refractivity contribution in [1.82, 2.24) is 0 Å². The van der Waals surface area contributed by atoms with E-state index in [0.717, 1.165) is 39.7 Å². The zero-order valence-corrected chi connectivity index (χ0v) is 21.3. The normalized spacial score (nSPS) is 11.9. The Balaban J connectivity index is 2.81. The van der Waals surface area contributed by atoms with E-state index in [9.17, 15) is 0 Å². The van der Waals surface area contributed by atoms with Crippen molar-refractivity contribution in [2.24, 2.45) is 0 Å². The first kappa shape index (κ1) is 24.1. The van der Waals surface area contributed by atoms with Crippen molar-refractivity contribution in [3.63, 3.8) is 0 Å². The SMILES string of the molecule is COc1ccc(-c2cc(C)cc(OC)c2O[Si](C(C)C)(C(C)C)C(C)C)c(OC)c1. The Labute approximate surface area is 183 Å². The van der Waals surface area contributed by atoms with Crippen molar-refractivity contribution in [3.05, 3.63) is 35.9 Å². The number of benzene rings is 2. The quantitative estimate of drug-likeness (QED) is 0.393. The highest BCUT2D eigenvalue weighted by atomic mass is 28.4. The van der Waals surface area contributed by atoms with E-state index in [0.29, 0.717) is 16.6 Å². The van der Waals surface area contributed by atoms with Crippen LogP contribution in [0.4, 0.5) is 0 Å². The van der Waals surface area contributed by atoms with Gasteiger partial charge in [0.1, 0.15) is 11.5 Å². The lowest BCUT2D eigenvalue weighted by molar-refractivity contribution is 0.382. The van der Waals surface area contributed by atoms with Gasteiger partial charge >= 0.3 is 0 Å². The summed E-state index contributed by atoms with van der Waals surface area (Å²) >= 11 is 0. The molecule has 30 heavy (non-hydrogen) atoms. The van der Waals surface area contributed by atoms with Crippen LogP contribution in [0.3, 0.4) is 0 Å². The highest BCUT2D eigenvalue weighted by molar-refractivity contribution is 6.78. The van der Waals surface area contributed by atoms with E-state index >= 15 is 0 Å². The molecule has 0 amide bonds. The van der Waals surface area contributed by atoms with E-state index in [1.54, 1.807) is 21.3 Å². The van der Waals surface area contributed by atoms with E-state index in [4.69, 9.17) is 18.6 Å². The molecule has 2 rings (SSSR count). The molecule has 166 valence electrons. The molecule has 2 aromatic rings. The van der Waals surface area contributed by atoms with Crippen LogP contribution in [0.1, 0.15) is 47.1 Å². The molecule has 0 radical (unpaired) electrons. The average Bonchev–Trinajstić information content (AvgIpc) is 2.70. The second-order valence-electron chi connectivity index (χ2n) is 8.83. The molecule has 0 heterocycles. The zero-order valence-electron chi connectivity index (χ0n) is 20.3. The van der Waals surface area contributed by atoms with Crippen LogP contribution in [0.15, 0.2) is 30.3 Å². The fourth-order valence-corrected chi connectivity index (χ4v) is 10.0. The largest absolute Gasteiger partial charge is 0.540 e. The summed E-state index contributed by atoms with van der Waals surface area (Å²) in [6, 6.07) is 10.1. The minimum atomic E-state index is -2.19. The van der Waals surface area contributed by atoms with Crippen molar-refractivity contribution in [3.8, 4) is 34.1 Å². The van der Waals surface area contributed by atoms with Gasteiger partial charge in [0.25, 0.3) is 8.32 Å². The van der Waals surface area contributed by atoms with Gasteiger partial charge in [0.05, 0.1) is 21.3 Å². The third-order valence-corrected chi connectivity index (χ3v) is 12.1. The van der Waals surface area contributed by atoms with Crippen molar-refractivity contribution in [2.75, 3.05) is 21.3 Å². The summed E-state index contributed by atoms with van der Waals surface area (Å²) in [4.78, 5) is 0. The highest BCUT2D eigenvalue weighted by Gasteiger charge is 2.47. The zero-order chi connectivity index (χ0) is 22.6. The molecule has 0 saturated heterocycles. The Kier molecular flexibility index (Phi) is 7.86. The van der Waals surface area contributed by atoms with Gasteiger partial charge in [-0.2, -0.15) is 0 Å². The Morgan fingerprint density at radius 1 is 0.667 bits per heavy atom. The van der Waals surface area contributed by atoms with Crippen molar-refractivity contribution >= 4 is 8.32 Å². The molecule has 0 aromatic heterocycles. The van der Waals surface area contributed by atoms with Gasteiger partial charge < -0.3 is 18.6 Å². The second kappa shape index (κ2) is 9.78. The van der Waals surface area contributed by atoms with Gasteiger partial charge in [-0.15, -0.1) is 0 Å². The number of methoxy groups -OCH3 is 3. The summed E-state index contributed by atoms with van der Waals surface area (Å²) in [5.74, 6) is 3.08. The van der Waals surface area contributed by atoms with Gasteiger partial charge in [-0.1, -0.05) is 41.5 Å². The third-order valence-electron chi connectivity index (χ3n) is 6.10. The van der Waals surface area contributed by atoms with Crippen LogP contribution in [0.25, 0.3) is 11.1 Å². The molecule has 0 spiro atoms. The van der Waals surface area contributed by atoms with E-state index in [2.05, 4.69) is 60.6 Å². The maximum atomic E-state index is 7.13. The lowest BCUT2D eigenvalue weighted by atomic mass is 10.0. The minimum absolute atomic E-state index is 0.453. The fourth-order valence-electron chi connectivity index (χ4n) is 4.75. The first-order chi connectivity index (χ1) is 14.1. The Hall–Kier alpha value is -2.14. The summed E-state index contributed by atoms with van der Waals surface area (Å²) in [5, 5.41) is 0. The van der Waals surface area contributed by atoms with E-state index in [1.165, 1.54) is 0 Å². The summed E-state index contributed by atoms with van der Waals surface area (Å²) in [5.41, 5.74) is 4.43. The van der Waals surface area contributed by atoms with Gasteiger partial charge in [-0.3, -0.25) is 0 Å². The minimum Gasteiger partial charge on any atom is -0.540 e. The molecule has 0 fully saturated rings. The maximum absolute atomic E-state index is 7.13. The van der Waals surface area contributed by atoms with Gasteiger partial charge in [0, 0.05) is 17.2 Å². The standard InChI is InChI=1S/C25H38O4Si/c1-16(2)30(17(3)4,18(5)6)29-25-22(13-19(7)14-24(25)28-10)21-12-11-20(26-8)15-23(21)27-9/h11-18H,1-10H3. The van der Waals surface area contributed by atoms with E-state index < -0.39 is 8.32 Å². The molecule has 0 aliphatic rings. The number of hydrogen-bond acceptors (Lipinski definition) is 4. The van der Waals surface area contributed by atoms with Gasteiger partial charge in [0.15, 0.2) is 11.5 Å². The topological polar surface area (TPSA) is 36.9 Å². The van der Waals surface area contributed by atoms with Gasteiger partial charge in [-0.25, -0.2) is 0 Å². The fraction of sp³-hybridized carbons (Fsp3) is 0.520. The van der Waals surface area contributed by atoms with Crippen LogP contribution in [0, 0.1) is 6.92 Å². The number of aryl methyl sites for hydroxylation is 1. The van der Waals surface area contributed by atoms with Crippen LogP contribution in [-0.4, -0.2) is 29.6 Å². The predicted octanol–water partition coefficient (Wildman–Crippen LogP) is 7.24. The molecule has 4 nitrogen and oxygen atoms in total. The Bertz CT molecular complexity index is 837. The smallest absolute Gasteiger partial charge is 0.258 e. The Morgan fingerprint density at radius 2 is 1.23 bits per heavy atom. The molecule has 0 bridgehead atoms. The first-order valence-corrected chi connectivity index (χ1v) is 12.9. The Morgan fingerprint density at radius 3 is 1.70 bits per heavy atom. The predicted molar refractivity (Wildman–Crippen MR) is 128 cm³/mol. The first-order valence-electron chi connectivity index (χ1n) is 10.7. The molecule has 0 saturated carbocycles. The van der Waals surface area contributed by atoms with Crippen molar-refractivity contribution in [1.29, 1.82) is 0 Å². The summed E-state index contributed by atoms with van der Waals surface area (Å²) in [6.07, 6.45) is 0. The molecule has 0 atom stereocenters. The maximum Gasteiger partial charge on any atom is 0.258 e. The highest BCUT2D eigenvalue weighted by Crippen LogP contribution is 2.49. The van der Waals surface area contributed by atoms with Crippen LogP contribution < -0.4 is 18.6 Å². The molecule has 5 heteroatoms. The number of rotatable bonds is 9. The van der Waals surface area contributed by atoms with Crippen LogP contribution in [0.2, 0.25) is 16.6 Å². The molecule has 0 aliphatic carbocycles. The van der Waals surface area contributed by atoms with E-state index in [1.807, 2.05) is 18.2 Å². The van der Waals surface area contributed by atoms with Crippen LogP contribution in [-0.2, 0) is 0 Å². The number of ether oxygens (including phenoxy) is 3. The molecule has 0 unspecified atom stereocenters. The molecule has 0 aliphatic heterocycles. The second-order valence-corrected chi connectivity index (χ2v) is 14.2. The van der Waals surface area contributed by atoms with Crippen LogP contribution in [0.5, 0.6) is 23.0 Å². The lowest BCUT2D eigenvalue weighted by Crippen LogP contribution is -2.50. The van der Waals surface area contributed by atoms with Crippen LogP contribution >= 0.6 is 0 Å². The van der Waals surface area contributed by atoms with Gasteiger partial charge in [-0.05, 0) is 53.4 Å². The summed E-state index contributed by atoms with van der Waals surface area (Å²) in [7, 11) is 2.86. The van der Waals surface area contributed by atoms with E-state index in [-0.39, 0.29) is 0 Å². The molecular formula is C25H38O4Si. The van der Waals surface area contributed by atoms with Crippen molar-refractivity contribution in [2.45, 2.75) is 65.1 Å². The third kappa shape index (κ3) is 4.46. The monoisotopic (exact) mass is 430 g/mol. The molecule has 2 aromatic carbocycles. The summed E-state index contributed by atoms with van der Waals surface area (Å²) < 4.78 is 24.1. The summed E-state index contributed by atoms with van der Waals surface area (Å²) in [6.45, 7) is 15.8. The average molecular weight is 431 g/mol. The lowest BCUT2D eigenvalue weighted by Gasteiger charge is -2.43. The van der Waals surface area contributed by atoms with Gasteiger partial charge in [0.2, 0.25) is 0 Å². The number of hydrogen-bond donors (Lipinski definition) is 0.